The van der Waals surface area contributed by atoms with Crippen molar-refractivity contribution in [3.8, 4) is 80.0 Å². The van der Waals surface area contributed by atoms with Crippen molar-refractivity contribution in [3.63, 3.8) is 0 Å². The molecule has 9 rings (SSSR count). The van der Waals surface area contributed by atoms with Gasteiger partial charge in [-0.15, -0.1) is 0 Å². The molecule has 2 aliphatic heterocycles. The van der Waals surface area contributed by atoms with Crippen molar-refractivity contribution in [1.82, 2.24) is 39.9 Å². The number of fused-ring (bicyclic) bond motifs is 20. The molecule has 0 amide bonds. The van der Waals surface area contributed by atoms with E-state index in [0.717, 1.165) is 160 Å². The molecule has 6 unspecified atom stereocenters. The fourth-order valence-corrected chi connectivity index (χ4v) is 13.2. The number of hydrogen-bond donors (Lipinski definition) is 0. The Labute approximate surface area is 589 Å². The van der Waals surface area contributed by atoms with E-state index < -0.39 is 0 Å². The van der Waals surface area contributed by atoms with Gasteiger partial charge in [0.2, 0.25) is 0 Å². The molecule has 0 fully saturated rings. The van der Waals surface area contributed by atoms with E-state index in [0.29, 0.717) is 199 Å². The molecular formula is C81H112N8NiO7. The number of carbonyl (C=O) groups excluding carboxylic acids is 1. The summed E-state index contributed by atoms with van der Waals surface area (Å²) in [5.41, 5.74) is 4.58. The molecule has 0 aliphatic carbocycles. The van der Waals surface area contributed by atoms with Crippen LogP contribution in [-0.4, -0.2) is 75.8 Å². The second-order valence-corrected chi connectivity index (χ2v) is 27.3. The number of unbranched alkanes of at least 4 members (excludes halogenated alkanes) is 6. The summed E-state index contributed by atoms with van der Waals surface area (Å²) in [6.07, 6.45) is 26.6. The SMILES string of the molecule is CCCCC(CC)COc1cc2c(cc1OCC(CC)CCCC)-c1nc-2nc2[n-]c(nc3nc(nc4[n-]c(n1)c1cccc(C=O)c41)-c1cc(OCC(CC)CCCC)c(OCC(CC)CCCC)cc1-3)c1cc(OCC(CC)CCCC)c(OCC(CC)CCCC)cc21.[Ni+2]. The van der Waals surface area contributed by atoms with Gasteiger partial charge in [0.15, 0.2) is 40.8 Å². The van der Waals surface area contributed by atoms with E-state index in [1.165, 1.54) is 0 Å². The topological polar surface area (TPSA) is 178 Å². The van der Waals surface area contributed by atoms with Gasteiger partial charge in [0.1, 0.15) is 0 Å². The van der Waals surface area contributed by atoms with Crippen LogP contribution in [0.1, 0.15) is 248 Å². The van der Waals surface area contributed by atoms with Crippen LogP contribution in [0.15, 0.2) is 54.6 Å². The Kier molecular flexibility index (Phi) is 30.2. The van der Waals surface area contributed by atoms with Crippen molar-refractivity contribution >= 4 is 50.4 Å². The van der Waals surface area contributed by atoms with Gasteiger partial charge in [-0.2, -0.15) is 0 Å². The summed E-state index contributed by atoms with van der Waals surface area (Å²) < 4.78 is 41.8. The second kappa shape index (κ2) is 38.5. The molecule has 0 saturated heterocycles. The van der Waals surface area contributed by atoms with Gasteiger partial charge in [-0.05, 0) is 127 Å². The summed E-state index contributed by atoms with van der Waals surface area (Å²) in [6.45, 7) is 30.1. The zero-order valence-electron chi connectivity index (χ0n) is 60.7. The van der Waals surface area contributed by atoms with Crippen molar-refractivity contribution in [2.24, 2.45) is 35.5 Å². The van der Waals surface area contributed by atoms with Crippen LogP contribution >= 0.6 is 0 Å². The molecular weight excluding hydrogens is 1260 g/mol. The molecule has 8 bridgehead atoms. The molecule has 0 spiro atoms. The first-order valence-corrected chi connectivity index (χ1v) is 37.6. The maximum absolute atomic E-state index is 13.3. The summed E-state index contributed by atoms with van der Waals surface area (Å²) in [4.78, 5) is 56.6. The van der Waals surface area contributed by atoms with Crippen LogP contribution in [0, 0.1) is 35.5 Å². The molecule has 6 atom stereocenters. The maximum atomic E-state index is 13.3. The molecule has 0 N–H and O–H groups in total. The Hall–Kier alpha value is -6.80. The van der Waals surface area contributed by atoms with Crippen molar-refractivity contribution in [3.05, 3.63) is 60.2 Å². The smallest absolute Gasteiger partial charge is 0.489 e. The average Bonchev–Trinajstić information content (AvgIpc) is 1.60. The number of aldehydes is 1. The Morgan fingerprint density at radius 3 is 0.866 bits per heavy atom. The number of carbonyl (C=O) groups is 1. The number of rotatable bonds is 43. The Bertz CT molecular complexity index is 3810. The quantitative estimate of drug-likeness (QED) is 0.0260. The molecule has 16 heteroatoms. The molecule has 7 aromatic rings. The van der Waals surface area contributed by atoms with Crippen LogP contribution in [0.3, 0.4) is 0 Å². The summed E-state index contributed by atoms with van der Waals surface area (Å²) in [6, 6.07) is 17.8. The zero-order valence-corrected chi connectivity index (χ0v) is 61.7. The minimum Gasteiger partial charge on any atom is -0.489 e. The number of hydrogen-bond acceptors (Lipinski definition) is 13. The third-order valence-corrected chi connectivity index (χ3v) is 20.2. The summed E-state index contributed by atoms with van der Waals surface area (Å²) >= 11 is 0. The molecule has 5 heterocycles. The average molecular weight is 1370 g/mol. The normalized spacial score (nSPS) is 13.7. The molecule has 3 aromatic heterocycles. The van der Waals surface area contributed by atoms with Crippen LogP contribution in [0.5, 0.6) is 34.5 Å². The van der Waals surface area contributed by atoms with Crippen LogP contribution in [0.25, 0.3) is 89.7 Å². The minimum atomic E-state index is 0. The van der Waals surface area contributed by atoms with Crippen LogP contribution in [0.4, 0.5) is 0 Å². The third-order valence-electron chi connectivity index (χ3n) is 20.2. The molecule has 2 aliphatic rings. The molecule has 0 radical (unpaired) electrons. The van der Waals surface area contributed by atoms with Crippen molar-refractivity contribution in [2.75, 3.05) is 39.6 Å². The first-order valence-electron chi connectivity index (χ1n) is 37.6. The predicted molar refractivity (Wildman–Crippen MR) is 392 cm³/mol. The first kappa shape index (κ1) is 76.0. The van der Waals surface area contributed by atoms with Crippen LogP contribution < -0.4 is 38.4 Å². The predicted octanol–water partition coefficient (Wildman–Crippen LogP) is 21.5. The van der Waals surface area contributed by atoms with E-state index >= 15 is 0 Å². The van der Waals surface area contributed by atoms with Gasteiger partial charge in [-0.25, -0.2) is 9.97 Å². The van der Waals surface area contributed by atoms with Gasteiger partial charge in [0, 0.05) is 55.8 Å². The number of ether oxygens (including phenoxy) is 6. The van der Waals surface area contributed by atoms with Crippen molar-refractivity contribution in [2.45, 2.75) is 237 Å². The molecule has 97 heavy (non-hydrogen) atoms. The van der Waals surface area contributed by atoms with Crippen molar-refractivity contribution < 1.29 is 49.7 Å². The largest absolute Gasteiger partial charge is 2.00 e. The fourth-order valence-electron chi connectivity index (χ4n) is 13.2. The third kappa shape index (κ3) is 19.4. The number of benzene rings is 4. The summed E-state index contributed by atoms with van der Waals surface area (Å²) in [5.74, 6) is 7.33. The second-order valence-electron chi connectivity index (χ2n) is 27.3. The number of aromatic nitrogens is 8. The van der Waals surface area contributed by atoms with Gasteiger partial charge in [0.25, 0.3) is 0 Å². The first-order chi connectivity index (χ1) is 47.0. The van der Waals surface area contributed by atoms with Gasteiger partial charge < -0.3 is 58.3 Å². The Balaban J connectivity index is 0.0000120. The fraction of sp³-hybridized carbons (Fsp3) is 0.593. The maximum Gasteiger partial charge on any atom is 2.00 e. The molecule has 0 saturated carbocycles. The van der Waals surface area contributed by atoms with E-state index in [1.54, 1.807) is 6.07 Å². The monoisotopic (exact) mass is 1370 g/mol. The standard InChI is InChI=1S/C81H113N8O7.Ni/c1-13-25-32-53(19-7)47-91-67-40-61-62(41-68(67)92-48-54(20-8)33-26-14-2)76-83-75(61)82-74-60-39-31-38-59(46-90)73(60)81(88-74)89-80-66-45-72(96-52-58(24-12)37-30-18-6)71(95-51-57(23-11)36-29-17-5)44-65(66)79(87-80)86-78-64-43-70(94-50-56(22-10)35-28-16-4)69(42-63(64)77(84-76)85-78)93-49-55(21-9)34-27-15-3;/h31,38-46,53-58H,13-30,32-37,47-52H2,1-12H3,(H-,82,83,84,85,86,87,88,89,90);/q-1;+2/p-1. The van der Waals surface area contributed by atoms with Crippen LogP contribution in [0.2, 0.25) is 0 Å². The van der Waals surface area contributed by atoms with Crippen LogP contribution in [-0.2, 0) is 16.5 Å². The van der Waals surface area contributed by atoms with Gasteiger partial charge in [-0.3, -0.25) is 4.79 Å². The summed E-state index contributed by atoms with van der Waals surface area (Å²) in [7, 11) is 0. The van der Waals surface area contributed by atoms with Gasteiger partial charge >= 0.3 is 16.5 Å². The van der Waals surface area contributed by atoms with E-state index in [2.05, 4.69) is 89.2 Å². The van der Waals surface area contributed by atoms with Gasteiger partial charge in [-0.1, -0.05) is 217 Å². The number of nitrogens with zero attached hydrogens (tertiary/aromatic N) is 8. The molecule has 15 nitrogen and oxygen atoms in total. The van der Waals surface area contributed by atoms with Gasteiger partial charge in [0.05, 0.1) is 62.9 Å². The Morgan fingerprint density at radius 1 is 0.340 bits per heavy atom. The Morgan fingerprint density at radius 2 is 0.598 bits per heavy atom. The molecule has 528 valence electrons. The van der Waals surface area contributed by atoms with Crippen molar-refractivity contribution in [1.29, 1.82) is 0 Å². The van der Waals surface area contributed by atoms with E-state index in [4.69, 9.17) is 68.3 Å². The molecule has 4 aromatic carbocycles. The van der Waals surface area contributed by atoms with E-state index in [1.807, 2.05) is 42.5 Å². The summed E-state index contributed by atoms with van der Waals surface area (Å²) in [5, 5.41) is 2.60. The minimum absolute atomic E-state index is 0. The zero-order chi connectivity index (χ0) is 67.9. The van der Waals surface area contributed by atoms with E-state index in [9.17, 15) is 4.79 Å². The van der Waals surface area contributed by atoms with E-state index in [-0.39, 0.29) is 22.1 Å².